The number of amides is 1. The van der Waals surface area contributed by atoms with Gasteiger partial charge in [-0.1, -0.05) is 25.3 Å². The molecule has 5 nitrogen and oxygen atoms in total. The Morgan fingerprint density at radius 2 is 1.95 bits per heavy atom. The molecule has 1 aromatic rings. The van der Waals surface area contributed by atoms with Gasteiger partial charge in [0.25, 0.3) is 0 Å². The lowest BCUT2D eigenvalue weighted by Crippen LogP contribution is -2.34. The maximum atomic E-state index is 11.9. The standard InChI is InChI=1S/C17H24N2O3/c20-17(8-9-18-14-4-2-1-3-5-14)19-11-13-6-7-15-16(10-13)22-12-21-15/h6-7,10,14,18H,1-5,8-9,11-12H2,(H,19,20). The van der Waals surface area contributed by atoms with Crippen molar-refractivity contribution in [2.24, 2.45) is 0 Å². The van der Waals surface area contributed by atoms with Gasteiger partial charge in [0.1, 0.15) is 0 Å². The molecule has 1 heterocycles. The lowest BCUT2D eigenvalue weighted by molar-refractivity contribution is -0.121. The van der Waals surface area contributed by atoms with Gasteiger partial charge in [0.15, 0.2) is 11.5 Å². The Kier molecular flexibility index (Phi) is 5.16. The average molecular weight is 304 g/mol. The number of fused-ring (bicyclic) bond motifs is 1. The Labute approximate surface area is 131 Å². The highest BCUT2D eigenvalue weighted by atomic mass is 16.7. The monoisotopic (exact) mass is 304 g/mol. The van der Waals surface area contributed by atoms with E-state index in [0.717, 1.165) is 23.6 Å². The van der Waals surface area contributed by atoms with Crippen LogP contribution in [0, 0.1) is 0 Å². The summed E-state index contributed by atoms with van der Waals surface area (Å²) in [5.41, 5.74) is 1.03. The van der Waals surface area contributed by atoms with Crippen LogP contribution in [0.5, 0.6) is 11.5 Å². The quantitative estimate of drug-likeness (QED) is 0.847. The highest BCUT2D eigenvalue weighted by molar-refractivity contribution is 5.76. The smallest absolute Gasteiger partial charge is 0.231 e. The first-order valence-corrected chi connectivity index (χ1v) is 8.20. The number of hydrogen-bond acceptors (Lipinski definition) is 4. The van der Waals surface area contributed by atoms with Crippen molar-refractivity contribution in [2.45, 2.75) is 51.1 Å². The minimum Gasteiger partial charge on any atom is -0.454 e. The Morgan fingerprint density at radius 1 is 1.14 bits per heavy atom. The maximum Gasteiger partial charge on any atom is 0.231 e. The van der Waals surface area contributed by atoms with E-state index in [9.17, 15) is 4.79 Å². The molecule has 1 aromatic carbocycles. The number of ether oxygens (including phenoxy) is 2. The molecule has 1 saturated carbocycles. The molecule has 0 aromatic heterocycles. The molecule has 0 radical (unpaired) electrons. The molecule has 0 unspecified atom stereocenters. The van der Waals surface area contributed by atoms with Crippen molar-refractivity contribution >= 4 is 5.91 Å². The molecule has 22 heavy (non-hydrogen) atoms. The van der Waals surface area contributed by atoms with Crippen LogP contribution in [0.15, 0.2) is 18.2 Å². The van der Waals surface area contributed by atoms with Gasteiger partial charge in [-0.25, -0.2) is 0 Å². The van der Waals surface area contributed by atoms with Crippen molar-refractivity contribution in [3.05, 3.63) is 23.8 Å². The van der Waals surface area contributed by atoms with Gasteiger partial charge in [0.2, 0.25) is 12.7 Å². The first-order chi connectivity index (χ1) is 10.8. The Balaban J connectivity index is 1.35. The summed E-state index contributed by atoms with van der Waals surface area (Å²) in [5.74, 6) is 1.61. The van der Waals surface area contributed by atoms with Gasteiger partial charge in [0, 0.05) is 25.6 Å². The van der Waals surface area contributed by atoms with E-state index in [-0.39, 0.29) is 12.7 Å². The van der Waals surface area contributed by atoms with Crippen LogP contribution in [0.2, 0.25) is 0 Å². The van der Waals surface area contributed by atoms with Gasteiger partial charge in [-0.3, -0.25) is 4.79 Å². The predicted molar refractivity (Wildman–Crippen MR) is 83.9 cm³/mol. The molecule has 1 amide bonds. The lowest BCUT2D eigenvalue weighted by atomic mass is 9.95. The van der Waals surface area contributed by atoms with E-state index in [1.807, 2.05) is 18.2 Å². The van der Waals surface area contributed by atoms with Crippen LogP contribution in [0.3, 0.4) is 0 Å². The second-order valence-electron chi connectivity index (χ2n) is 6.00. The van der Waals surface area contributed by atoms with Crippen molar-refractivity contribution in [2.75, 3.05) is 13.3 Å². The molecule has 0 spiro atoms. The van der Waals surface area contributed by atoms with Gasteiger partial charge in [-0.2, -0.15) is 0 Å². The molecule has 5 heteroatoms. The third kappa shape index (κ3) is 4.13. The number of carbonyl (C=O) groups is 1. The van der Waals surface area contributed by atoms with Crippen LogP contribution in [-0.4, -0.2) is 25.3 Å². The van der Waals surface area contributed by atoms with Crippen LogP contribution in [0.25, 0.3) is 0 Å². The van der Waals surface area contributed by atoms with Crippen LogP contribution < -0.4 is 20.1 Å². The number of nitrogens with one attached hydrogen (secondary N) is 2. The molecular formula is C17H24N2O3. The fraction of sp³-hybridized carbons (Fsp3) is 0.588. The third-order valence-electron chi connectivity index (χ3n) is 4.32. The van der Waals surface area contributed by atoms with E-state index >= 15 is 0 Å². The highest BCUT2D eigenvalue weighted by Crippen LogP contribution is 2.32. The number of hydrogen-bond donors (Lipinski definition) is 2. The van der Waals surface area contributed by atoms with Crippen molar-refractivity contribution < 1.29 is 14.3 Å². The summed E-state index contributed by atoms with van der Waals surface area (Å²) in [4.78, 5) is 11.9. The van der Waals surface area contributed by atoms with E-state index in [2.05, 4.69) is 10.6 Å². The fourth-order valence-electron chi connectivity index (χ4n) is 3.04. The van der Waals surface area contributed by atoms with Crippen LogP contribution in [0.1, 0.15) is 44.1 Å². The molecule has 0 atom stereocenters. The van der Waals surface area contributed by atoms with Crippen LogP contribution in [0.4, 0.5) is 0 Å². The van der Waals surface area contributed by atoms with Crippen LogP contribution >= 0.6 is 0 Å². The predicted octanol–water partition coefficient (Wildman–Crippen LogP) is 2.34. The van der Waals surface area contributed by atoms with E-state index < -0.39 is 0 Å². The van der Waals surface area contributed by atoms with Crippen molar-refractivity contribution in [3.63, 3.8) is 0 Å². The van der Waals surface area contributed by atoms with E-state index in [1.165, 1.54) is 32.1 Å². The Bertz CT molecular complexity index is 513. The Morgan fingerprint density at radius 3 is 2.82 bits per heavy atom. The van der Waals surface area contributed by atoms with E-state index in [0.29, 0.717) is 19.0 Å². The molecule has 2 N–H and O–H groups in total. The molecule has 120 valence electrons. The SMILES string of the molecule is O=C(CCNC1CCCCC1)NCc1ccc2c(c1)OCO2. The normalized spacial score (nSPS) is 17.5. The summed E-state index contributed by atoms with van der Waals surface area (Å²) < 4.78 is 10.6. The second kappa shape index (κ2) is 7.49. The van der Waals surface area contributed by atoms with Gasteiger partial charge in [-0.05, 0) is 30.5 Å². The zero-order valence-electron chi connectivity index (χ0n) is 12.9. The van der Waals surface area contributed by atoms with E-state index in [4.69, 9.17) is 9.47 Å². The third-order valence-corrected chi connectivity index (χ3v) is 4.32. The Hall–Kier alpha value is -1.75. The second-order valence-corrected chi connectivity index (χ2v) is 6.00. The fourth-order valence-corrected chi connectivity index (χ4v) is 3.04. The highest BCUT2D eigenvalue weighted by Gasteiger charge is 2.14. The molecule has 0 saturated heterocycles. The summed E-state index contributed by atoms with van der Waals surface area (Å²) in [6.45, 7) is 1.56. The molecular weight excluding hydrogens is 280 g/mol. The molecule has 3 rings (SSSR count). The van der Waals surface area contributed by atoms with E-state index in [1.54, 1.807) is 0 Å². The maximum absolute atomic E-state index is 11.9. The summed E-state index contributed by atoms with van der Waals surface area (Å²) in [6.07, 6.45) is 7.01. The van der Waals surface area contributed by atoms with Crippen molar-refractivity contribution in [1.82, 2.24) is 10.6 Å². The lowest BCUT2D eigenvalue weighted by Gasteiger charge is -2.22. The molecule has 1 fully saturated rings. The summed E-state index contributed by atoms with van der Waals surface area (Å²) >= 11 is 0. The zero-order chi connectivity index (χ0) is 15.2. The first kappa shape index (κ1) is 15.2. The first-order valence-electron chi connectivity index (χ1n) is 8.20. The number of carbonyl (C=O) groups excluding carboxylic acids is 1. The number of benzene rings is 1. The summed E-state index contributed by atoms with van der Waals surface area (Å²) in [7, 11) is 0. The van der Waals surface area contributed by atoms with Gasteiger partial charge >= 0.3 is 0 Å². The van der Waals surface area contributed by atoms with Gasteiger partial charge < -0.3 is 20.1 Å². The molecule has 1 aliphatic heterocycles. The van der Waals surface area contributed by atoms with Crippen molar-refractivity contribution in [3.8, 4) is 11.5 Å². The minimum absolute atomic E-state index is 0.0842. The minimum atomic E-state index is 0.0842. The molecule has 1 aliphatic carbocycles. The van der Waals surface area contributed by atoms with Crippen molar-refractivity contribution in [1.29, 1.82) is 0 Å². The topological polar surface area (TPSA) is 59.6 Å². The molecule has 2 aliphatic rings. The summed E-state index contributed by atoms with van der Waals surface area (Å²) in [6, 6.07) is 6.36. The largest absolute Gasteiger partial charge is 0.454 e. The summed E-state index contributed by atoms with van der Waals surface area (Å²) in [5, 5.41) is 6.44. The van der Waals surface area contributed by atoms with Gasteiger partial charge in [-0.15, -0.1) is 0 Å². The van der Waals surface area contributed by atoms with Gasteiger partial charge in [0.05, 0.1) is 0 Å². The van der Waals surface area contributed by atoms with Crippen LogP contribution in [-0.2, 0) is 11.3 Å². The zero-order valence-corrected chi connectivity index (χ0v) is 12.9. The average Bonchev–Trinajstić information content (AvgIpc) is 3.01. The molecule has 0 bridgehead atoms. The number of rotatable bonds is 6.